The number of allylic oxidation sites excluding steroid dienone is 1. The Hall–Kier alpha value is -3.87. The van der Waals surface area contributed by atoms with E-state index >= 15 is 0 Å². The summed E-state index contributed by atoms with van der Waals surface area (Å²) < 4.78 is 16.9. The van der Waals surface area contributed by atoms with Gasteiger partial charge in [-0.1, -0.05) is 60.7 Å². The summed E-state index contributed by atoms with van der Waals surface area (Å²) in [6, 6.07) is 21.3. The molecule has 2 N–H and O–H groups in total. The lowest BCUT2D eigenvalue weighted by molar-refractivity contribution is -0.131. The van der Waals surface area contributed by atoms with Crippen LogP contribution in [0.1, 0.15) is 36.1 Å². The molecule has 0 aliphatic heterocycles. The average molecular weight is 489 g/mol. The van der Waals surface area contributed by atoms with E-state index in [1.807, 2.05) is 54.6 Å². The predicted octanol–water partition coefficient (Wildman–Crippen LogP) is 6.16. The van der Waals surface area contributed by atoms with E-state index in [4.69, 9.17) is 14.2 Å². The van der Waals surface area contributed by atoms with E-state index in [0.29, 0.717) is 25.4 Å². The van der Waals surface area contributed by atoms with E-state index < -0.39 is 0 Å². The van der Waals surface area contributed by atoms with E-state index in [1.54, 1.807) is 43.5 Å². The second kappa shape index (κ2) is 13.9. The molecule has 3 rings (SSSR count). The Bertz CT molecular complexity index is 1130. The number of benzene rings is 3. The molecule has 0 fully saturated rings. The maximum absolute atomic E-state index is 11.1. The molecule has 6 nitrogen and oxygen atoms in total. The summed E-state index contributed by atoms with van der Waals surface area (Å²) in [6.07, 6.45) is 8.42. The van der Waals surface area contributed by atoms with Gasteiger partial charge in [-0.3, -0.25) is 4.79 Å². The molecule has 0 amide bonds. The highest BCUT2D eigenvalue weighted by atomic mass is 16.5. The summed E-state index contributed by atoms with van der Waals surface area (Å²) in [5.41, 5.74) is 2.90. The van der Waals surface area contributed by atoms with Gasteiger partial charge in [0.05, 0.1) is 19.3 Å². The van der Waals surface area contributed by atoms with Crippen LogP contribution in [0.15, 0.2) is 84.9 Å². The number of hydrogen-bond acceptors (Lipinski definition) is 6. The Morgan fingerprint density at radius 1 is 0.833 bits per heavy atom. The molecule has 0 unspecified atom stereocenters. The number of carbonyl (C=O) groups is 1. The number of esters is 1. The van der Waals surface area contributed by atoms with Crippen molar-refractivity contribution in [3.05, 3.63) is 102 Å². The lowest BCUT2D eigenvalue weighted by Crippen LogP contribution is -2.20. The molecule has 0 aromatic heterocycles. The summed E-state index contributed by atoms with van der Waals surface area (Å²) in [7, 11) is 1.67. The maximum Gasteiger partial charge on any atom is 0.308 e. The molecule has 0 saturated heterocycles. The second-order valence-electron chi connectivity index (χ2n) is 8.36. The minimum absolute atomic E-state index is 0.0318. The van der Waals surface area contributed by atoms with E-state index in [0.717, 1.165) is 16.7 Å². The Kier molecular flexibility index (Phi) is 10.3. The van der Waals surface area contributed by atoms with Gasteiger partial charge in [0, 0.05) is 20.0 Å². The Morgan fingerprint density at radius 2 is 1.39 bits per heavy atom. The number of hydrogen-bond donors (Lipinski definition) is 2. The lowest BCUT2D eigenvalue weighted by Gasteiger charge is -2.26. The van der Waals surface area contributed by atoms with Crippen molar-refractivity contribution >= 4 is 18.1 Å². The van der Waals surface area contributed by atoms with Crippen LogP contribution >= 0.6 is 0 Å². The summed E-state index contributed by atoms with van der Waals surface area (Å²) in [4.78, 5) is 11.1. The van der Waals surface area contributed by atoms with Crippen molar-refractivity contribution < 1.29 is 29.2 Å². The number of methoxy groups -OCH3 is 1. The van der Waals surface area contributed by atoms with Crippen LogP contribution in [0.4, 0.5) is 0 Å². The van der Waals surface area contributed by atoms with Crippen molar-refractivity contribution in [2.45, 2.75) is 19.4 Å². The van der Waals surface area contributed by atoms with Crippen molar-refractivity contribution in [3.63, 3.8) is 0 Å². The van der Waals surface area contributed by atoms with E-state index in [1.165, 1.54) is 6.92 Å². The van der Waals surface area contributed by atoms with Gasteiger partial charge in [-0.05, 0) is 59.5 Å². The van der Waals surface area contributed by atoms with Crippen LogP contribution in [0.3, 0.4) is 0 Å². The molecule has 0 heterocycles. The highest BCUT2D eigenvalue weighted by Crippen LogP contribution is 2.31. The molecule has 36 heavy (non-hydrogen) atoms. The summed E-state index contributed by atoms with van der Waals surface area (Å²) in [5.74, 6) is 0.620. The zero-order chi connectivity index (χ0) is 25.8. The standard InChI is InChI=1S/C30H32O6/c1-22(31)36-29-18-10-24(11-19-29)6-4-20-35-30(25-12-16-28(33)17-13-25)26(21-34-2)7-3-5-23-8-14-27(32)15-9-23/h3-6,8-19,26,30,32-33H,7,20-21H2,1-2H3/b5-3-,6-4+/t26-,30-/m1/s1. The third-order valence-electron chi connectivity index (χ3n) is 5.50. The molecule has 0 aliphatic carbocycles. The van der Waals surface area contributed by atoms with Crippen molar-refractivity contribution in [1.29, 1.82) is 0 Å². The highest BCUT2D eigenvalue weighted by molar-refractivity contribution is 5.69. The minimum atomic E-state index is -0.351. The normalized spacial score (nSPS) is 13.2. The lowest BCUT2D eigenvalue weighted by atomic mass is 9.92. The predicted molar refractivity (Wildman–Crippen MR) is 141 cm³/mol. The van der Waals surface area contributed by atoms with Crippen LogP contribution in [0.25, 0.3) is 12.2 Å². The van der Waals surface area contributed by atoms with Gasteiger partial charge in [0.2, 0.25) is 0 Å². The molecule has 0 aliphatic rings. The third kappa shape index (κ3) is 8.73. The van der Waals surface area contributed by atoms with E-state index in [-0.39, 0.29) is 29.5 Å². The Labute approximate surface area is 212 Å². The van der Waals surface area contributed by atoms with Crippen molar-refractivity contribution in [3.8, 4) is 17.2 Å². The van der Waals surface area contributed by atoms with Crippen molar-refractivity contribution in [1.82, 2.24) is 0 Å². The molecule has 3 aromatic rings. The summed E-state index contributed by atoms with van der Waals surface area (Å²) in [5, 5.41) is 19.2. The second-order valence-corrected chi connectivity index (χ2v) is 8.36. The number of phenols is 2. The van der Waals surface area contributed by atoms with Crippen molar-refractivity contribution in [2.75, 3.05) is 20.3 Å². The number of rotatable bonds is 12. The molecule has 0 radical (unpaired) electrons. The molecule has 0 bridgehead atoms. The van der Waals surface area contributed by atoms with Crippen LogP contribution in [-0.2, 0) is 14.3 Å². The fourth-order valence-corrected chi connectivity index (χ4v) is 3.78. The fourth-order valence-electron chi connectivity index (χ4n) is 3.78. The fraction of sp³-hybridized carbons (Fsp3) is 0.233. The Balaban J connectivity index is 1.69. The first kappa shape index (κ1) is 26.7. The molecular weight excluding hydrogens is 456 g/mol. The monoisotopic (exact) mass is 488 g/mol. The van der Waals surface area contributed by atoms with Gasteiger partial charge in [-0.2, -0.15) is 0 Å². The number of carbonyl (C=O) groups excluding carboxylic acids is 1. The van der Waals surface area contributed by atoms with Crippen LogP contribution in [0.5, 0.6) is 17.2 Å². The molecule has 2 atom stereocenters. The van der Waals surface area contributed by atoms with E-state index in [9.17, 15) is 15.0 Å². The molecular formula is C30H32O6. The molecule has 188 valence electrons. The number of aromatic hydroxyl groups is 2. The van der Waals surface area contributed by atoms with Crippen LogP contribution in [0.2, 0.25) is 0 Å². The largest absolute Gasteiger partial charge is 0.508 e. The highest BCUT2D eigenvalue weighted by Gasteiger charge is 2.23. The summed E-state index contributed by atoms with van der Waals surface area (Å²) >= 11 is 0. The van der Waals surface area contributed by atoms with Gasteiger partial charge in [0.15, 0.2) is 0 Å². The van der Waals surface area contributed by atoms with Gasteiger partial charge >= 0.3 is 5.97 Å². The van der Waals surface area contributed by atoms with E-state index in [2.05, 4.69) is 6.08 Å². The first-order valence-electron chi connectivity index (χ1n) is 11.7. The van der Waals surface area contributed by atoms with Gasteiger partial charge in [0.25, 0.3) is 0 Å². The zero-order valence-electron chi connectivity index (χ0n) is 20.5. The SMILES string of the molecule is COC[C@@H](C/C=C\c1ccc(O)cc1)[C@H](OC/C=C/c1ccc(OC(C)=O)cc1)c1ccc(O)cc1. The third-order valence-corrected chi connectivity index (χ3v) is 5.50. The van der Waals surface area contributed by atoms with Crippen LogP contribution < -0.4 is 4.74 Å². The molecule has 3 aromatic carbocycles. The topological polar surface area (TPSA) is 85.2 Å². The quantitative estimate of drug-likeness (QED) is 0.235. The average Bonchev–Trinajstić information content (AvgIpc) is 2.86. The Morgan fingerprint density at radius 3 is 1.97 bits per heavy atom. The molecule has 0 saturated carbocycles. The van der Waals surface area contributed by atoms with Gasteiger partial charge in [0.1, 0.15) is 17.2 Å². The number of ether oxygens (including phenoxy) is 3. The van der Waals surface area contributed by atoms with Crippen LogP contribution in [-0.4, -0.2) is 36.5 Å². The molecule has 0 spiro atoms. The number of phenolic OH excluding ortho intramolecular Hbond substituents is 2. The van der Waals surface area contributed by atoms with Gasteiger partial charge in [-0.15, -0.1) is 0 Å². The zero-order valence-corrected chi connectivity index (χ0v) is 20.5. The smallest absolute Gasteiger partial charge is 0.308 e. The van der Waals surface area contributed by atoms with Gasteiger partial charge < -0.3 is 24.4 Å². The van der Waals surface area contributed by atoms with Crippen LogP contribution in [0, 0.1) is 5.92 Å². The van der Waals surface area contributed by atoms with Crippen molar-refractivity contribution in [2.24, 2.45) is 5.92 Å². The first-order chi connectivity index (χ1) is 17.4. The minimum Gasteiger partial charge on any atom is -0.508 e. The molecule has 6 heteroatoms. The summed E-state index contributed by atoms with van der Waals surface area (Å²) in [6.45, 7) is 2.24. The first-order valence-corrected chi connectivity index (χ1v) is 11.7. The van der Waals surface area contributed by atoms with Gasteiger partial charge in [-0.25, -0.2) is 0 Å². The maximum atomic E-state index is 11.1.